The summed E-state index contributed by atoms with van der Waals surface area (Å²) in [4.78, 5) is 14.8. The van der Waals surface area contributed by atoms with E-state index in [4.69, 9.17) is 19.9 Å². The smallest absolute Gasteiger partial charge is 0.314 e. The lowest BCUT2D eigenvalue weighted by Crippen LogP contribution is -2.52. The molecule has 1 saturated heterocycles. The lowest BCUT2D eigenvalue weighted by atomic mass is 10.2. The van der Waals surface area contributed by atoms with Gasteiger partial charge in [0.2, 0.25) is 0 Å². The van der Waals surface area contributed by atoms with E-state index in [1.165, 1.54) is 0 Å². The highest BCUT2D eigenvalue weighted by molar-refractivity contribution is 5.72. The number of methoxy groups -OCH3 is 2. The second-order valence-electron chi connectivity index (χ2n) is 5.61. The largest absolute Gasteiger partial charge is 0.497 e. The number of piperazine rings is 1. The van der Waals surface area contributed by atoms with Gasteiger partial charge in [-0.25, -0.2) is 4.79 Å². The molecule has 1 heterocycles. The number of aliphatic hydroxyl groups excluding tert-OH is 1. The fourth-order valence-corrected chi connectivity index (χ4v) is 2.58. The van der Waals surface area contributed by atoms with Crippen LogP contribution in [0, 0.1) is 0 Å². The van der Waals surface area contributed by atoms with Crippen LogP contribution in [-0.4, -0.2) is 80.6 Å². The van der Waals surface area contributed by atoms with Crippen LogP contribution in [0.3, 0.4) is 0 Å². The van der Waals surface area contributed by atoms with Crippen LogP contribution in [0.4, 0.5) is 4.79 Å². The predicted octanol–water partition coefficient (Wildman–Crippen LogP) is 0.140. The lowest BCUT2D eigenvalue weighted by molar-refractivity contribution is 0.0515. The minimum absolute atomic E-state index is 0.138. The highest BCUT2D eigenvalue weighted by Gasteiger charge is 2.21. The van der Waals surface area contributed by atoms with Crippen molar-refractivity contribution in [2.75, 3.05) is 53.6 Å². The first-order chi connectivity index (χ1) is 11.5. The summed E-state index contributed by atoms with van der Waals surface area (Å²) >= 11 is 0. The third kappa shape index (κ3) is 4.90. The Balaban J connectivity index is 1.81. The van der Waals surface area contributed by atoms with Crippen LogP contribution in [0.25, 0.3) is 0 Å². The number of nitrogens with zero attached hydrogens (tertiary/aromatic N) is 2. The summed E-state index contributed by atoms with van der Waals surface area (Å²) in [6.07, 6.45) is -0.652. The van der Waals surface area contributed by atoms with E-state index in [1.54, 1.807) is 37.3 Å². The van der Waals surface area contributed by atoms with Crippen molar-refractivity contribution in [2.24, 2.45) is 5.73 Å². The molecule has 1 fully saturated rings. The quantitative estimate of drug-likeness (QED) is 0.733. The molecule has 3 N–H and O–H groups in total. The molecule has 1 unspecified atom stereocenters. The van der Waals surface area contributed by atoms with Gasteiger partial charge in [0.15, 0.2) is 11.5 Å². The number of benzene rings is 1. The lowest BCUT2D eigenvalue weighted by Gasteiger charge is -2.34. The maximum atomic E-state index is 11.1. The van der Waals surface area contributed by atoms with Crippen molar-refractivity contribution in [3.8, 4) is 17.2 Å². The molecule has 1 aromatic carbocycles. The summed E-state index contributed by atoms with van der Waals surface area (Å²) in [5.74, 6) is 1.76. The van der Waals surface area contributed by atoms with Gasteiger partial charge in [-0.05, 0) is 12.1 Å². The van der Waals surface area contributed by atoms with Crippen LogP contribution in [0.1, 0.15) is 0 Å². The van der Waals surface area contributed by atoms with Gasteiger partial charge in [-0.1, -0.05) is 0 Å². The average Bonchev–Trinajstić information content (AvgIpc) is 2.60. The number of aliphatic hydroxyl groups is 1. The number of nitrogens with two attached hydrogens (primary N) is 1. The number of urea groups is 1. The number of carbonyl (C=O) groups is 1. The molecule has 0 aliphatic carbocycles. The van der Waals surface area contributed by atoms with Crippen LogP contribution < -0.4 is 19.9 Å². The normalized spacial score (nSPS) is 16.5. The molecular formula is C16H25N3O5. The summed E-state index contributed by atoms with van der Waals surface area (Å²) < 4.78 is 16.1. The van der Waals surface area contributed by atoms with Crippen molar-refractivity contribution in [1.29, 1.82) is 0 Å². The van der Waals surface area contributed by atoms with Crippen LogP contribution in [0.15, 0.2) is 18.2 Å². The third-order valence-corrected chi connectivity index (χ3v) is 3.95. The van der Waals surface area contributed by atoms with E-state index in [-0.39, 0.29) is 6.61 Å². The number of hydrogen-bond donors (Lipinski definition) is 2. The van der Waals surface area contributed by atoms with Crippen LogP contribution in [-0.2, 0) is 0 Å². The van der Waals surface area contributed by atoms with Crippen molar-refractivity contribution in [3.05, 3.63) is 18.2 Å². The fourth-order valence-electron chi connectivity index (χ4n) is 2.58. The topological polar surface area (TPSA) is 97.5 Å². The monoisotopic (exact) mass is 339 g/mol. The first-order valence-electron chi connectivity index (χ1n) is 7.83. The van der Waals surface area contributed by atoms with E-state index in [9.17, 15) is 9.90 Å². The zero-order valence-electron chi connectivity index (χ0n) is 14.1. The molecule has 1 aromatic rings. The Morgan fingerprint density at radius 3 is 2.50 bits per heavy atom. The summed E-state index contributed by atoms with van der Waals surface area (Å²) in [6.45, 7) is 3.13. The number of hydrogen-bond acceptors (Lipinski definition) is 6. The van der Waals surface area contributed by atoms with E-state index in [0.29, 0.717) is 50.0 Å². The number of amides is 2. The zero-order chi connectivity index (χ0) is 17.5. The van der Waals surface area contributed by atoms with Gasteiger partial charge in [0.25, 0.3) is 0 Å². The zero-order valence-corrected chi connectivity index (χ0v) is 14.1. The van der Waals surface area contributed by atoms with Gasteiger partial charge in [-0.3, -0.25) is 4.90 Å². The van der Waals surface area contributed by atoms with Gasteiger partial charge in [-0.2, -0.15) is 0 Å². The Hall–Kier alpha value is -2.19. The van der Waals surface area contributed by atoms with Crippen molar-refractivity contribution in [3.63, 3.8) is 0 Å². The summed E-state index contributed by atoms with van der Waals surface area (Å²) in [6, 6.07) is 4.85. The molecule has 8 heteroatoms. The third-order valence-electron chi connectivity index (χ3n) is 3.95. The molecule has 1 aliphatic rings. The van der Waals surface area contributed by atoms with Crippen molar-refractivity contribution >= 4 is 6.03 Å². The fraction of sp³-hybridized carbons (Fsp3) is 0.562. The first kappa shape index (κ1) is 18.2. The SMILES string of the molecule is COc1ccc(OC)c(OCC(O)CN2CCN(C(N)=O)CC2)c1. The minimum atomic E-state index is -0.652. The summed E-state index contributed by atoms with van der Waals surface area (Å²) in [7, 11) is 3.13. The van der Waals surface area contributed by atoms with E-state index in [1.807, 2.05) is 0 Å². The Morgan fingerprint density at radius 1 is 1.21 bits per heavy atom. The van der Waals surface area contributed by atoms with Crippen molar-refractivity contribution in [2.45, 2.75) is 6.10 Å². The van der Waals surface area contributed by atoms with E-state index >= 15 is 0 Å². The molecular weight excluding hydrogens is 314 g/mol. The van der Waals surface area contributed by atoms with Crippen LogP contribution >= 0.6 is 0 Å². The second-order valence-corrected chi connectivity index (χ2v) is 5.61. The minimum Gasteiger partial charge on any atom is -0.497 e. The second kappa shape index (κ2) is 8.60. The van der Waals surface area contributed by atoms with Gasteiger partial charge in [0.05, 0.1) is 14.2 Å². The van der Waals surface area contributed by atoms with E-state index in [0.717, 1.165) is 0 Å². The summed E-state index contributed by atoms with van der Waals surface area (Å²) in [5.41, 5.74) is 5.25. The number of ether oxygens (including phenoxy) is 3. The highest BCUT2D eigenvalue weighted by atomic mass is 16.5. The Bertz CT molecular complexity index is 547. The highest BCUT2D eigenvalue weighted by Crippen LogP contribution is 2.31. The number of carbonyl (C=O) groups excluding carboxylic acids is 1. The Kier molecular flexibility index (Phi) is 6.51. The molecule has 8 nitrogen and oxygen atoms in total. The molecule has 134 valence electrons. The molecule has 2 amide bonds. The molecule has 0 spiro atoms. The number of β-amino-alcohol motifs (C(OH)–C–C–N with tert-alkyl or cyclic N) is 1. The van der Waals surface area contributed by atoms with Crippen molar-refractivity contribution in [1.82, 2.24) is 9.80 Å². The number of primary amides is 1. The number of rotatable bonds is 7. The van der Waals surface area contributed by atoms with E-state index < -0.39 is 12.1 Å². The van der Waals surface area contributed by atoms with Gasteiger partial charge >= 0.3 is 6.03 Å². The van der Waals surface area contributed by atoms with Crippen LogP contribution in [0.2, 0.25) is 0 Å². The Labute approximate surface area is 141 Å². The van der Waals surface area contributed by atoms with Gasteiger partial charge < -0.3 is 30.0 Å². The predicted molar refractivity (Wildman–Crippen MR) is 88.6 cm³/mol. The standard InChI is InChI=1S/C16H25N3O5/c1-22-13-3-4-14(23-2)15(9-13)24-11-12(20)10-18-5-7-19(8-6-18)16(17)21/h3-4,9,12,20H,5-8,10-11H2,1-2H3,(H2,17,21). The molecule has 2 rings (SSSR count). The summed E-state index contributed by atoms with van der Waals surface area (Å²) in [5, 5.41) is 10.2. The average molecular weight is 339 g/mol. The molecule has 24 heavy (non-hydrogen) atoms. The molecule has 0 radical (unpaired) electrons. The molecule has 0 aromatic heterocycles. The van der Waals surface area contributed by atoms with Gasteiger partial charge in [0, 0.05) is 38.8 Å². The van der Waals surface area contributed by atoms with Crippen LogP contribution in [0.5, 0.6) is 17.2 Å². The molecule has 1 atom stereocenters. The molecule has 0 saturated carbocycles. The van der Waals surface area contributed by atoms with Gasteiger partial charge in [0.1, 0.15) is 18.5 Å². The molecule has 0 bridgehead atoms. The van der Waals surface area contributed by atoms with E-state index in [2.05, 4.69) is 4.90 Å². The maximum Gasteiger partial charge on any atom is 0.314 e. The van der Waals surface area contributed by atoms with Crippen molar-refractivity contribution < 1.29 is 24.1 Å². The van der Waals surface area contributed by atoms with Gasteiger partial charge in [-0.15, -0.1) is 0 Å². The molecule has 1 aliphatic heterocycles. The Morgan fingerprint density at radius 2 is 1.92 bits per heavy atom. The first-order valence-corrected chi connectivity index (χ1v) is 7.83. The maximum absolute atomic E-state index is 11.1.